The van der Waals surface area contributed by atoms with Gasteiger partial charge in [0.15, 0.2) is 11.5 Å². The van der Waals surface area contributed by atoms with Crippen molar-refractivity contribution in [3.63, 3.8) is 0 Å². The minimum absolute atomic E-state index is 0.137. The molecule has 0 fully saturated rings. The van der Waals surface area contributed by atoms with E-state index in [2.05, 4.69) is 0 Å². The van der Waals surface area contributed by atoms with Gasteiger partial charge in [-0.15, -0.1) is 0 Å². The van der Waals surface area contributed by atoms with Gasteiger partial charge in [0.2, 0.25) is 0 Å². The van der Waals surface area contributed by atoms with Crippen LogP contribution in [0.15, 0.2) is 18.2 Å². The van der Waals surface area contributed by atoms with Crippen molar-refractivity contribution < 1.29 is 9.47 Å². The topological polar surface area (TPSA) is 70.5 Å². The lowest BCUT2D eigenvalue weighted by Crippen LogP contribution is -2.20. The van der Waals surface area contributed by atoms with Crippen LogP contribution < -0.4 is 20.9 Å². The van der Waals surface area contributed by atoms with Crippen molar-refractivity contribution in [2.45, 2.75) is 12.5 Å². The Kier molecular flexibility index (Phi) is 3.08. The highest BCUT2D eigenvalue weighted by atomic mass is 16.5. The summed E-state index contributed by atoms with van der Waals surface area (Å²) in [4.78, 5) is 0. The molecule has 1 atom stereocenters. The van der Waals surface area contributed by atoms with E-state index in [1.165, 1.54) is 0 Å². The largest absolute Gasteiger partial charge is 0.490 e. The van der Waals surface area contributed by atoms with E-state index in [1.54, 1.807) is 0 Å². The third-order valence-corrected chi connectivity index (χ3v) is 2.45. The van der Waals surface area contributed by atoms with Crippen LogP contribution in [0.3, 0.4) is 0 Å². The minimum Gasteiger partial charge on any atom is -0.490 e. The van der Waals surface area contributed by atoms with Gasteiger partial charge in [0, 0.05) is 19.0 Å². The number of nitrogens with two attached hydrogens (primary N) is 2. The second kappa shape index (κ2) is 4.51. The molecular weight excluding hydrogens is 192 g/mol. The number of hydrogen-bond acceptors (Lipinski definition) is 4. The number of rotatable bonds is 2. The van der Waals surface area contributed by atoms with Gasteiger partial charge in [0.25, 0.3) is 0 Å². The fourth-order valence-electron chi connectivity index (χ4n) is 1.55. The fraction of sp³-hybridized carbons (Fsp3) is 0.455. The Morgan fingerprint density at radius 2 is 1.93 bits per heavy atom. The molecule has 1 aliphatic heterocycles. The number of hydrogen-bond donors (Lipinski definition) is 2. The summed E-state index contributed by atoms with van der Waals surface area (Å²) in [6.07, 6.45) is 0.910. The Morgan fingerprint density at radius 3 is 2.67 bits per heavy atom. The van der Waals surface area contributed by atoms with Gasteiger partial charge in [-0.2, -0.15) is 0 Å². The first-order valence-corrected chi connectivity index (χ1v) is 5.16. The van der Waals surface area contributed by atoms with Crippen molar-refractivity contribution in [1.82, 2.24) is 0 Å². The predicted molar refractivity (Wildman–Crippen MR) is 58.0 cm³/mol. The van der Waals surface area contributed by atoms with Crippen molar-refractivity contribution in [3.05, 3.63) is 23.8 Å². The molecule has 0 aliphatic carbocycles. The second-order valence-electron chi connectivity index (χ2n) is 3.60. The molecule has 1 aliphatic rings. The van der Waals surface area contributed by atoms with Crippen molar-refractivity contribution in [2.24, 2.45) is 11.5 Å². The van der Waals surface area contributed by atoms with Crippen LogP contribution in [0.5, 0.6) is 11.5 Å². The van der Waals surface area contributed by atoms with Crippen molar-refractivity contribution >= 4 is 0 Å². The van der Waals surface area contributed by atoms with E-state index in [4.69, 9.17) is 20.9 Å². The lowest BCUT2D eigenvalue weighted by Gasteiger charge is -2.12. The summed E-state index contributed by atoms with van der Waals surface area (Å²) in [6.45, 7) is 1.82. The Hall–Kier alpha value is -1.26. The van der Waals surface area contributed by atoms with Crippen LogP contribution in [0.25, 0.3) is 0 Å². The van der Waals surface area contributed by atoms with E-state index in [0.29, 0.717) is 19.8 Å². The molecule has 1 heterocycles. The van der Waals surface area contributed by atoms with Crippen LogP contribution in [0.2, 0.25) is 0 Å². The molecule has 0 unspecified atom stereocenters. The summed E-state index contributed by atoms with van der Waals surface area (Å²) in [6, 6.07) is 5.61. The van der Waals surface area contributed by atoms with E-state index in [-0.39, 0.29) is 6.04 Å². The summed E-state index contributed by atoms with van der Waals surface area (Å²) < 4.78 is 11.1. The molecule has 0 aromatic heterocycles. The number of ether oxygens (including phenoxy) is 2. The average Bonchev–Trinajstić information content (AvgIpc) is 2.51. The van der Waals surface area contributed by atoms with E-state index in [1.807, 2.05) is 18.2 Å². The quantitative estimate of drug-likeness (QED) is 0.754. The summed E-state index contributed by atoms with van der Waals surface area (Å²) in [5, 5.41) is 0. The Bertz CT molecular complexity index is 341. The SMILES string of the molecule is NC[C@@H](N)c1ccc2c(c1)OCCCO2. The molecule has 0 amide bonds. The maximum absolute atomic E-state index is 5.85. The molecule has 15 heavy (non-hydrogen) atoms. The molecule has 4 nitrogen and oxygen atoms in total. The number of fused-ring (bicyclic) bond motifs is 1. The number of benzene rings is 1. The third-order valence-electron chi connectivity index (χ3n) is 2.45. The van der Waals surface area contributed by atoms with Crippen LogP contribution in [-0.2, 0) is 0 Å². The zero-order valence-corrected chi connectivity index (χ0v) is 8.61. The normalized spacial score (nSPS) is 16.9. The average molecular weight is 208 g/mol. The van der Waals surface area contributed by atoms with Gasteiger partial charge < -0.3 is 20.9 Å². The maximum Gasteiger partial charge on any atom is 0.161 e. The highest BCUT2D eigenvalue weighted by Crippen LogP contribution is 2.31. The molecular formula is C11H16N2O2. The monoisotopic (exact) mass is 208 g/mol. The fourth-order valence-corrected chi connectivity index (χ4v) is 1.55. The van der Waals surface area contributed by atoms with E-state index >= 15 is 0 Å². The molecule has 0 bridgehead atoms. The van der Waals surface area contributed by atoms with Crippen LogP contribution in [0, 0.1) is 0 Å². The first-order valence-electron chi connectivity index (χ1n) is 5.16. The van der Waals surface area contributed by atoms with E-state index < -0.39 is 0 Å². The molecule has 4 N–H and O–H groups in total. The van der Waals surface area contributed by atoms with Gasteiger partial charge in [-0.25, -0.2) is 0 Å². The molecule has 0 spiro atoms. The maximum atomic E-state index is 5.85. The van der Waals surface area contributed by atoms with Crippen molar-refractivity contribution in [3.8, 4) is 11.5 Å². The molecule has 0 saturated heterocycles. The molecule has 1 aromatic carbocycles. The van der Waals surface area contributed by atoms with E-state index in [9.17, 15) is 0 Å². The van der Waals surface area contributed by atoms with Gasteiger partial charge in [-0.05, 0) is 17.7 Å². The molecule has 0 saturated carbocycles. The molecule has 1 aromatic rings. The first kappa shape index (κ1) is 10.3. The Morgan fingerprint density at radius 1 is 1.20 bits per heavy atom. The molecule has 0 radical (unpaired) electrons. The van der Waals surface area contributed by atoms with Gasteiger partial charge in [-0.3, -0.25) is 0 Å². The summed E-state index contributed by atoms with van der Waals surface area (Å²) in [7, 11) is 0. The van der Waals surface area contributed by atoms with Crippen LogP contribution in [0.1, 0.15) is 18.0 Å². The van der Waals surface area contributed by atoms with Crippen LogP contribution in [0.4, 0.5) is 0 Å². The molecule has 4 heteroatoms. The first-order chi connectivity index (χ1) is 7.31. The molecule has 82 valence electrons. The van der Waals surface area contributed by atoms with Crippen molar-refractivity contribution in [2.75, 3.05) is 19.8 Å². The standard InChI is InChI=1S/C11H16N2O2/c12-7-9(13)8-2-3-10-11(6-8)15-5-1-4-14-10/h2-3,6,9H,1,4-5,7,12-13H2/t9-/m1/s1. The predicted octanol–water partition coefficient (Wildman–Crippen LogP) is 0.806. The van der Waals surface area contributed by atoms with Crippen molar-refractivity contribution in [1.29, 1.82) is 0 Å². The zero-order chi connectivity index (χ0) is 10.7. The lowest BCUT2D eigenvalue weighted by molar-refractivity contribution is 0.297. The summed E-state index contributed by atoms with van der Waals surface area (Å²) in [5.41, 5.74) is 12.3. The highest BCUT2D eigenvalue weighted by Gasteiger charge is 2.12. The van der Waals surface area contributed by atoms with Gasteiger partial charge >= 0.3 is 0 Å². The van der Waals surface area contributed by atoms with Crippen LogP contribution in [-0.4, -0.2) is 19.8 Å². The smallest absolute Gasteiger partial charge is 0.161 e. The van der Waals surface area contributed by atoms with E-state index in [0.717, 1.165) is 23.5 Å². The summed E-state index contributed by atoms with van der Waals surface area (Å²) in [5.74, 6) is 1.56. The van der Waals surface area contributed by atoms with Crippen LogP contribution >= 0.6 is 0 Å². The Labute approximate surface area is 89.2 Å². The summed E-state index contributed by atoms with van der Waals surface area (Å²) >= 11 is 0. The minimum atomic E-state index is -0.137. The lowest BCUT2D eigenvalue weighted by atomic mass is 10.1. The van der Waals surface area contributed by atoms with Gasteiger partial charge in [0.05, 0.1) is 13.2 Å². The zero-order valence-electron chi connectivity index (χ0n) is 8.61. The highest BCUT2D eigenvalue weighted by molar-refractivity contribution is 5.44. The second-order valence-corrected chi connectivity index (χ2v) is 3.60. The molecule has 2 rings (SSSR count). The van der Waals surface area contributed by atoms with Gasteiger partial charge in [0.1, 0.15) is 0 Å². The Balaban J connectivity index is 2.27. The van der Waals surface area contributed by atoms with Gasteiger partial charge in [-0.1, -0.05) is 6.07 Å². The third kappa shape index (κ3) is 2.22.